The molecule has 1 N–H and O–H groups in total. The van der Waals surface area contributed by atoms with E-state index >= 15 is 13.6 Å². The van der Waals surface area contributed by atoms with Crippen molar-refractivity contribution in [2.24, 2.45) is 7.05 Å². The van der Waals surface area contributed by atoms with Crippen LogP contribution in [0.5, 0.6) is 0 Å². The molecule has 0 spiro atoms. The van der Waals surface area contributed by atoms with Crippen molar-refractivity contribution >= 4 is 27.7 Å². The first kappa shape index (κ1) is 38.1. The van der Waals surface area contributed by atoms with Crippen molar-refractivity contribution in [1.82, 2.24) is 48.3 Å². The third kappa shape index (κ3) is 5.63. The minimum absolute atomic E-state index is 0.0442. The SMILES string of the molecule is Cc1cc(-n2nc3c(c2-n2ccn(-c4ccc5c(cnn5C)c4F)c2=O)[C@H](C)N(C(=O)c2cc4cc(C5CCOCC5)ccc4n2C2(c4noc(=O)[nH]4)CC2)CC3)cc(C)c1F. The Kier molecular flexibility index (Phi) is 8.49. The Morgan fingerprint density at radius 1 is 0.935 bits per heavy atom. The van der Waals surface area contributed by atoms with E-state index < -0.39 is 28.8 Å². The number of rotatable bonds is 7. The Hall–Kier alpha value is -6.88. The highest BCUT2D eigenvalue weighted by Crippen LogP contribution is 2.51. The highest BCUT2D eigenvalue weighted by Gasteiger charge is 2.52. The molecule has 8 aromatic rings. The smallest absolute Gasteiger partial charge is 0.381 e. The Labute approximate surface area is 351 Å². The molecule has 316 valence electrons. The van der Waals surface area contributed by atoms with Gasteiger partial charge in [0.15, 0.2) is 11.6 Å². The number of aromatic amines is 1. The lowest BCUT2D eigenvalue weighted by molar-refractivity contribution is 0.0664. The van der Waals surface area contributed by atoms with Crippen LogP contribution in [0.1, 0.15) is 88.8 Å². The maximum atomic E-state index is 16.1. The number of imidazole rings is 1. The van der Waals surface area contributed by atoms with E-state index in [1.54, 1.807) is 65.6 Å². The minimum Gasteiger partial charge on any atom is -0.381 e. The number of carbonyl (C=O) groups excluding carboxylic acids is 1. The lowest BCUT2D eigenvalue weighted by Crippen LogP contribution is -2.41. The van der Waals surface area contributed by atoms with Crippen molar-refractivity contribution < 1.29 is 22.8 Å². The lowest BCUT2D eigenvalue weighted by Gasteiger charge is -2.34. The van der Waals surface area contributed by atoms with Gasteiger partial charge in [0.2, 0.25) is 0 Å². The summed E-state index contributed by atoms with van der Waals surface area (Å²) in [6.07, 6.45) is 7.90. The van der Waals surface area contributed by atoms with Gasteiger partial charge >= 0.3 is 11.4 Å². The lowest BCUT2D eigenvalue weighted by atomic mass is 9.91. The third-order valence-corrected chi connectivity index (χ3v) is 13.3. The average Bonchev–Trinajstić information content (AvgIpc) is 3.73. The van der Waals surface area contributed by atoms with Crippen LogP contribution in [0.2, 0.25) is 0 Å². The predicted molar refractivity (Wildman–Crippen MR) is 223 cm³/mol. The summed E-state index contributed by atoms with van der Waals surface area (Å²) in [7, 11) is 1.72. The van der Waals surface area contributed by atoms with Crippen molar-refractivity contribution in [3.8, 4) is 17.2 Å². The molecule has 1 aliphatic carbocycles. The second kappa shape index (κ2) is 13.8. The van der Waals surface area contributed by atoms with Gasteiger partial charge in [0.05, 0.1) is 40.2 Å². The first-order valence-corrected chi connectivity index (χ1v) is 20.8. The van der Waals surface area contributed by atoms with Crippen molar-refractivity contribution in [2.75, 3.05) is 19.8 Å². The third-order valence-electron chi connectivity index (χ3n) is 13.3. The maximum absolute atomic E-state index is 16.1. The number of aryl methyl sites for hydroxylation is 3. The van der Waals surface area contributed by atoms with Crippen LogP contribution in [0.15, 0.2) is 81.2 Å². The molecular formula is C45H42F2N10O5. The molecule has 0 radical (unpaired) electrons. The van der Waals surface area contributed by atoms with E-state index in [1.165, 1.54) is 27.1 Å². The number of amides is 1. The van der Waals surface area contributed by atoms with Gasteiger partial charge < -0.3 is 14.2 Å². The second-order valence-corrected chi connectivity index (χ2v) is 16.9. The van der Waals surface area contributed by atoms with Crippen LogP contribution in [0, 0.1) is 25.5 Å². The number of halogens is 2. The van der Waals surface area contributed by atoms with Gasteiger partial charge in [0, 0.05) is 62.1 Å². The number of ether oxygens (including phenoxy) is 1. The van der Waals surface area contributed by atoms with Crippen molar-refractivity contribution in [1.29, 1.82) is 0 Å². The number of hydrogen-bond donors (Lipinski definition) is 1. The zero-order valence-corrected chi connectivity index (χ0v) is 34.5. The largest absolute Gasteiger partial charge is 0.438 e. The number of nitrogens with zero attached hydrogens (tertiary/aromatic N) is 9. The molecule has 1 saturated carbocycles. The van der Waals surface area contributed by atoms with Crippen LogP contribution < -0.4 is 11.4 Å². The van der Waals surface area contributed by atoms with E-state index in [1.807, 2.05) is 23.6 Å². The molecule has 17 heteroatoms. The first-order valence-electron chi connectivity index (χ1n) is 20.8. The first-order chi connectivity index (χ1) is 29.9. The van der Waals surface area contributed by atoms with Crippen molar-refractivity contribution in [3.05, 3.63) is 139 Å². The normalized spacial score (nSPS) is 17.6. The standard InChI is InChI=1S/C45H42F2N10O5/c1-24-19-30(20-25(2)38(24)46)57-40(55-16-15-54(44(55)60)35-8-7-34-31(39(35)47)23-48-52(34)4)37-26(3)53(14-9-32(37)50-57)41(58)36-22-29-21-28(27-10-17-61-18-11-27)5-6-33(29)56(36)45(12-13-45)42-49-43(59)62-51-42/h5-8,15-16,19-23,26-27H,9-14,17-18H2,1-4H3,(H,49,51,59)/t26-/m0/s1. The highest BCUT2D eigenvalue weighted by atomic mass is 19.1. The summed E-state index contributed by atoms with van der Waals surface area (Å²) in [4.78, 5) is 46.8. The molecule has 3 aromatic carbocycles. The molecule has 62 heavy (non-hydrogen) atoms. The van der Waals surface area contributed by atoms with Gasteiger partial charge in [0.25, 0.3) is 5.91 Å². The summed E-state index contributed by atoms with van der Waals surface area (Å²) in [5, 5.41) is 14.5. The molecule has 15 nitrogen and oxygen atoms in total. The molecule has 5 aromatic heterocycles. The minimum atomic E-state index is -0.804. The summed E-state index contributed by atoms with van der Waals surface area (Å²) in [5.41, 5.74) is 4.28. The Bertz CT molecular complexity index is 3240. The zero-order valence-electron chi connectivity index (χ0n) is 34.5. The van der Waals surface area contributed by atoms with E-state index in [9.17, 15) is 9.59 Å². The fourth-order valence-corrected chi connectivity index (χ4v) is 9.88. The van der Waals surface area contributed by atoms with E-state index in [0.29, 0.717) is 95.9 Å². The van der Waals surface area contributed by atoms with E-state index in [4.69, 9.17) is 14.4 Å². The van der Waals surface area contributed by atoms with Gasteiger partial charge in [0.1, 0.15) is 22.9 Å². The molecule has 1 amide bonds. The number of H-pyrrole nitrogens is 1. The molecular weight excluding hydrogens is 799 g/mol. The summed E-state index contributed by atoms with van der Waals surface area (Å²) in [5.74, 6) is -0.840. The fourth-order valence-electron chi connectivity index (χ4n) is 9.88. The van der Waals surface area contributed by atoms with E-state index in [-0.39, 0.29) is 22.8 Å². The van der Waals surface area contributed by atoms with Gasteiger partial charge in [-0.05, 0) is 112 Å². The topological polar surface area (TPSA) is 156 Å². The van der Waals surface area contributed by atoms with Crippen LogP contribution >= 0.6 is 0 Å². The van der Waals surface area contributed by atoms with Crippen LogP contribution in [-0.2, 0) is 23.7 Å². The average molecular weight is 841 g/mol. The fraction of sp³-hybridized carbons (Fsp3) is 0.333. The van der Waals surface area contributed by atoms with Crippen molar-refractivity contribution in [3.63, 3.8) is 0 Å². The van der Waals surface area contributed by atoms with Gasteiger partial charge in [-0.3, -0.25) is 28.1 Å². The van der Waals surface area contributed by atoms with Gasteiger partial charge in [-0.15, -0.1) is 0 Å². The Balaban J connectivity index is 1.06. The monoisotopic (exact) mass is 840 g/mol. The number of benzene rings is 3. The van der Waals surface area contributed by atoms with E-state index in [0.717, 1.165) is 23.7 Å². The maximum Gasteiger partial charge on any atom is 0.438 e. The van der Waals surface area contributed by atoms with Gasteiger partial charge in [-0.2, -0.15) is 10.2 Å². The number of fused-ring (bicyclic) bond motifs is 3. The highest BCUT2D eigenvalue weighted by molar-refractivity contribution is 6.00. The van der Waals surface area contributed by atoms with Crippen LogP contribution in [0.25, 0.3) is 39.0 Å². The predicted octanol–water partition coefficient (Wildman–Crippen LogP) is 6.42. The molecule has 0 unspecified atom stereocenters. The molecule has 11 rings (SSSR count). The van der Waals surface area contributed by atoms with Gasteiger partial charge in [-0.1, -0.05) is 11.2 Å². The zero-order chi connectivity index (χ0) is 42.8. The molecule has 1 atom stereocenters. The second-order valence-electron chi connectivity index (χ2n) is 16.9. The number of nitrogens with one attached hydrogen (secondary N) is 1. The summed E-state index contributed by atoms with van der Waals surface area (Å²) in [6.45, 7) is 6.94. The molecule has 3 aliphatic rings. The molecule has 2 fully saturated rings. The summed E-state index contributed by atoms with van der Waals surface area (Å²) in [6, 6.07) is 14.2. The number of carbonyl (C=O) groups is 1. The number of hydrogen-bond acceptors (Lipinski definition) is 8. The van der Waals surface area contributed by atoms with Crippen LogP contribution in [-0.4, -0.2) is 74.0 Å². The quantitative estimate of drug-likeness (QED) is 0.193. The van der Waals surface area contributed by atoms with Crippen LogP contribution in [0.3, 0.4) is 0 Å². The molecule has 2 aliphatic heterocycles. The van der Waals surface area contributed by atoms with Gasteiger partial charge in [-0.25, -0.2) is 23.1 Å². The summed E-state index contributed by atoms with van der Waals surface area (Å²) >= 11 is 0. The molecule has 0 bridgehead atoms. The molecule has 1 saturated heterocycles. The van der Waals surface area contributed by atoms with Crippen molar-refractivity contribution in [2.45, 2.75) is 70.4 Å². The Morgan fingerprint density at radius 2 is 1.68 bits per heavy atom. The Morgan fingerprint density at radius 3 is 2.40 bits per heavy atom. The van der Waals surface area contributed by atoms with Crippen LogP contribution in [0.4, 0.5) is 8.78 Å². The molecule has 7 heterocycles. The number of aromatic nitrogens is 9. The summed E-state index contributed by atoms with van der Waals surface area (Å²) < 4.78 is 49.6. The van der Waals surface area contributed by atoms with E-state index in [2.05, 4.69) is 27.4 Å².